The van der Waals surface area contributed by atoms with Crippen LogP contribution in [-0.2, 0) is 0 Å². The van der Waals surface area contributed by atoms with Crippen molar-refractivity contribution in [2.24, 2.45) is 5.73 Å². The average molecular weight is 258 g/mol. The van der Waals surface area contributed by atoms with E-state index in [1.807, 2.05) is 0 Å². The van der Waals surface area contributed by atoms with Crippen molar-refractivity contribution in [1.29, 1.82) is 0 Å². The molecule has 0 aliphatic heterocycles. The zero-order chi connectivity index (χ0) is 13.9. The summed E-state index contributed by atoms with van der Waals surface area (Å²) in [6.45, 7) is -0.493. The Hall–Kier alpha value is -2.05. The maximum Gasteiger partial charge on any atom is 0.255 e. The predicted octanol–water partition coefficient (Wildman–Crippen LogP) is 1.11. The van der Waals surface area contributed by atoms with Gasteiger partial charge in [-0.2, -0.15) is 0 Å². The number of nitrogen functional groups attached to an aromatic ring is 1. The van der Waals surface area contributed by atoms with Gasteiger partial charge in [-0.05, 0) is 12.1 Å². The molecule has 0 radical (unpaired) electrons. The van der Waals surface area contributed by atoms with Gasteiger partial charge in [0.15, 0.2) is 0 Å². The second kappa shape index (κ2) is 5.52. The molecule has 0 fully saturated rings. The second-order valence-electron chi connectivity index (χ2n) is 3.84. The lowest BCUT2D eigenvalue weighted by Crippen LogP contribution is -2.27. The zero-order valence-electron chi connectivity index (χ0n) is 10.2. The van der Waals surface area contributed by atoms with Gasteiger partial charge in [0.25, 0.3) is 12.3 Å². The van der Waals surface area contributed by atoms with Crippen molar-refractivity contribution in [1.82, 2.24) is 0 Å². The van der Waals surface area contributed by atoms with Gasteiger partial charge in [0, 0.05) is 14.1 Å². The Morgan fingerprint density at radius 3 is 2.56 bits per heavy atom. The molecule has 0 atom stereocenters. The number of nitrogens with two attached hydrogens (primary N) is 2. The van der Waals surface area contributed by atoms with Crippen LogP contribution in [0.15, 0.2) is 12.1 Å². The van der Waals surface area contributed by atoms with Crippen LogP contribution in [0.2, 0.25) is 0 Å². The van der Waals surface area contributed by atoms with Gasteiger partial charge in [-0.25, -0.2) is 8.78 Å². The Balaban J connectivity index is 3.25. The molecule has 1 amide bonds. The zero-order valence-corrected chi connectivity index (χ0v) is 10.2. The summed E-state index contributed by atoms with van der Waals surface area (Å²) in [7, 11) is 3.11. The summed E-state index contributed by atoms with van der Waals surface area (Å²) in [5.74, 6) is -0.708. The fraction of sp³-hybridized carbons (Fsp3) is 0.364. The Bertz CT molecular complexity index is 451. The van der Waals surface area contributed by atoms with Crippen LogP contribution in [0.4, 0.5) is 25.8 Å². The van der Waals surface area contributed by atoms with E-state index in [1.165, 1.54) is 24.1 Å². The summed E-state index contributed by atoms with van der Waals surface area (Å²) in [5.41, 5.74) is 12.2. The molecule has 0 heterocycles. The van der Waals surface area contributed by atoms with Crippen LogP contribution < -0.4 is 21.7 Å². The molecule has 0 aliphatic rings. The Labute approximate surface area is 104 Å². The Kier molecular flexibility index (Phi) is 4.30. The summed E-state index contributed by atoms with van der Waals surface area (Å²) in [4.78, 5) is 12.6. The highest BCUT2D eigenvalue weighted by Crippen LogP contribution is 2.29. The number of carbonyl (C=O) groups excluding carboxylic acids is 1. The number of benzene rings is 1. The minimum absolute atomic E-state index is 0.120. The van der Waals surface area contributed by atoms with Crippen LogP contribution >= 0.6 is 0 Å². The van der Waals surface area contributed by atoms with Gasteiger partial charge in [-0.1, -0.05) is 0 Å². The van der Waals surface area contributed by atoms with E-state index in [1.54, 1.807) is 7.05 Å². The molecule has 5 N–H and O–H groups in total. The topological polar surface area (TPSA) is 84.4 Å². The number of alkyl halides is 2. The molecule has 7 heteroatoms. The molecule has 0 unspecified atom stereocenters. The van der Waals surface area contributed by atoms with E-state index in [4.69, 9.17) is 11.5 Å². The van der Waals surface area contributed by atoms with E-state index < -0.39 is 18.9 Å². The first-order valence-corrected chi connectivity index (χ1v) is 5.27. The van der Waals surface area contributed by atoms with Gasteiger partial charge < -0.3 is 21.7 Å². The van der Waals surface area contributed by atoms with Crippen molar-refractivity contribution in [3.63, 3.8) is 0 Å². The third-order valence-corrected chi connectivity index (χ3v) is 2.53. The number of hydrogen-bond acceptors (Lipinski definition) is 4. The lowest BCUT2D eigenvalue weighted by atomic mass is 10.1. The van der Waals surface area contributed by atoms with Crippen LogP contribution in [0.5, 0.6) is 0 Å². The van der Waals surface area contributed by atoms with Gasteiger partial charge in [-0.3, -0.25) is 4.79 Å². The lowest BCUT2D eigenvalue weighted by Gasteiger charge is -2.22. The van der Waals surface area contributed by atoms with E-state index in [-0.39, 0.29) is 5.56 Å². The van der Waals surface area contributed by atoms with Crippen LogP contribution in [0.1, 0.15) is 10.4 Å². The smallest absolute Gasteiger partial charge is 0.255 e. The van der Waals surface area contributed by atoms with Crippen LogP contribution in [0, 0.1) is 0 Å². The van der Waals surface area contributed by atoms with E-state index in [9.17, 15) is 13.6 Å². The summed E-state index contributed by atoms with van der Waals surface area (Å²) in [5, 5.41) is 2.82. The monoisotopic (exact) mass is 258 g/mol. The summed E-state index contributed by atoms with van der Waals surface area (Å²) < 4.78 is 24.7. The first-order chi connectivity index (χ1) is 8.36. The molecular formula is C11H16F2N4O. The van der Waals surface area contributed by atoms with Crippen molar-refractivity contribution < 1.29 is 13.6 Å². The van der Waals surface area contributed by atoms with Gasteiger partial charge in [0.05, 0.1) is 29.2 Å². The third-order valence-electron chi connectivity index (χ3n) is 2.53. The Morgan fingerprint density at radius 1 is 1.50 bits per heavy atom. The molecule has 0 bridgehead atoms. The van der Waals surface area contributed by atoms with E-state index in [0.717, 1.165) is 0 Å². The van der Waals surface area contributed by atoms with Crippen LogP contribution in [0.3, 0.4) is 0 Å². The number of hydrogen-bond donors (Lipinski definition) is 3. The minimum atomic E-state index is -2.51. The van der Waals surface area contributed by atoms with E-state index in [2.05, 4.69) is 5.32 Å². The number of anilines is 3. The molecule has 0 saturated carbocycles. The Morgan fingerprint density at radius 2 is 2.11 bits per heavy atom. The average Bonchev–Trinajstić information content (AvgIpc) is 2.27. The quantitative estimate of drug-likeness (QED) is 0.691. The highest BCUT2D eigenvalue weighted by Gasteiger charge is 2.17. The largest absolute Gasteiger partial charge is 0.397 e. The first kappa shape index (κ1) is 14.0. The number of carbonyl (C=O) groups is 1. The van der Waals surface area contributed by atoms with Gasteiger partial charge in [0.1, 0.15) is 0 Å². The molecule has 0 spiro atoms. The molecule has 100 valence electrons. The highest BCUT2D eigenvalue weighted by atomic mass is 19.3. The van der Waals surface area contributed by atoms with E-state index in [0.29, 0.717) is 17.1 Å². The fourth-order valence-corrected chi connectivity index (χ4v) is 1.64. The minimum Gasteiger partial charge on any atom is -0.397 e. The number of halogens is 2. The van der Waals surface area contributed by atoms with Gasteiger partial charge >= 0.3 is 0 Å². The van der Waals surface area contributed by atoms with Crippen molar-refractivity contribution in [2.45, 2.75) is 6.43 Å². The number of amides is 1. The maximum atomic E-state index is 12.4. The first-order valence-electron chi connectivity index (χ1n) is 5.27. The molecule has 1 aromatic carbocycles. The predicted molar refractivity (Wildman–Crippen MR) is 68.2 cm³/mol. The number of rotatable bonds is 5. The van der Waals surface area contributed by atoms with Crippen LogP contribution in [-0.4, -0.2) is 33.0 Å². The molecule has 0 saturated heterocycles. The fourth-order valence-electron chi connectivity index (χ4n) is 1.64. The van der Waals surface area contributed by atoms with Crippen molar-refractivity contribution in [3.8, 4) is 0 Å². The van der Waals surface area contributed by atoms with Crippen molar-refractivity contribution >= 4 is 23.0 Å². The number of nitrogens with one attached hydrogen (secondary N) is 1. The molecule has 0 aliphatic carbocycles. The second-order valence-corrected chi connectivity index (χ2v) is 3.84. The molecule has 18 heavy (non-hydrogen) atoms. The maximum absolute atomic E-state index is 12.4. The third kappa shape index (κ3) is 2.99. The van der Waals surface area contributed by atoms with Crippen molar-refractivity contribution in [2.75, 3.05) is 36.6 Å². The van der Waals surface area contributed by atoms with Crippen LogP contribution in [0.25, 0.3) is 0 Å². The normalized spacial score (nSPS) is 10.5. The summed E-state index contributed by atoms with van der Waals surface area (Å²) in [6.07, 6.45) is -2.51. The summed E-state index contributed by atoms with van der Waals surface area (Å²) in [6, 6.07) is 2.91. The highest BCUT2D eigenvalue weighted by molar-refractivity contribution is 6.01. The molecule has 0 aromatic heterocycles. The number of primary amides is 1. The molecular weight excluding hydrogens is 242 g/mol. The van der Waals surface area contributed by atoms with Gasteiger partial charge in [0.2, 0.25) is 0 Å². The van der Waals surface area contributed by atoms with Gasteiger partial charge in [-0.15, -0.1) is 0 Å². The lowest BCUT2D eigenvalue weighted by molar-refractivity contribution is 0.1000. The molecule has 1 aromatic rings. The summed E-state index contributed by atoms with van der Waals surface area (Å²) >= 11 is 0. The standard InChI is InChI=1S/C11H16F2N4O/c1-16-8-4-9(17(2)5-10(12)13)6(11(15)18)3-7(8)14/h3-4,10,16H,5,14H2,1-2H3,(H2,15,18). The van der Waals surface area contributed by atoms with Crippen molar-refractivity contribution in [3.05, 3.63) is 17.7 Å². The number of nitrogens with zero attached hydrogens (tertiary/aromatic N) is 1. The SMILES string of the molecule is CNc1cc(N(C)CC(F)F)c(C(N)=O)cc1N. The molecule has 5 nitrogen and oxygen atoms in total. The van der Waals surface area contributed by atoms with E-state index >= 15 is 0 Å². The molecule has 1 rings (SSSR count).